The van der Waals surface area contributed by atoms with Crippen LogP contribution >= 0.6 is 47.1 Å². The number of hydrogen-bond acceptors (Lipinski definition) is 7. The van der Waals surface area contributed by atoms with Gasteiger partial charge in [-0.2, -0.15) is 0 Å². The van der Waals surface area contributed by atoms with E-state index in [1.54, 1.807) is 30.0 Å². The highest BCUT2D eigenvalue weighted by Gasteiger charge is 2.19. The van der Waals surface area contributed by atoms with Crippen molar-refractivity contribution in [2.24, 2.45) is 5.73 Å². The van der Waals surface area contributed by atoms with Crippen molar-refractivity contribution in [1.29, 1.82) is 0 Å². The Labute approximate surface area is 231 Å². The zero-order valence-corrected chi connectivity index (χ0v) is 23.4. The number of carbonyl (C=O) groups excluding carboxylic acids is 1. The van der Waals surface area contributed by atoms with Crippen molar-refractivity contribution in [3.05, 3.63) is 81.8 Å². The average Bonchev–Trinajstić information content (AvgIpc) is 2.88. The summed E-state index contributed by atoms with van der Waals surface area (Å²) in [6.07, 6.45) is 1.97. The van der Waals surface area contributed by atoms with E-state index in [4.69, 9.17) is 28.9 Å². The van der Waals surface area contributed by atoms with Crippen molar-refractivity contribution in [3.8, 4) is 0 Å². The molecule has 36 heavy (non-hydrogen) atoms. The Morgan fingerprint density at radius 1 is 1.00 bits per heavy atom. The van der Waals surface area contributed by atoms with Gasteiger partial charge in [-0.05, 0) is 72.1 Å². The van der Waals surface area contributed by atoms with Gasteiger partial charge in [-0.25, -0.2) is 4.31 Å². The smallest absolute Gasteiger partial charge is 0.257 e. The largest absolute Gasteiger partial charge is 0.369 e. The standard InChI is InChI=1S/C26H29Cl2N5OS2/c1-31(35-2)25-8-3-18(17-29)13-24(25)26(34)30-21-4-6-23(7-5-21)36-33-11-9-32(10-12-33)22-15-19(27)14-20(28)16-22/h3-8,13-16H,9-12,17,29H2,1-2H3,(H,30,34). The predicted molar refractivity (Wildman–Crippen MR) is 157 cm³/mol. The normalized spacial score (nSPS) is 14.1. The molecule has 1 heterocycles. The minimum atomic E-state index is -0.154. The zero-order chi connectivity index (χ0) is 25.7. The summed E-state index contributed by atoms with van der Waals surface area (Å²) in [7, 11) is 1.94. The van der Waals surface area contributed by atoms with Crippen molar-refractivity contribution < 1.29 is 4.79 Å². The quantitative estimate of drug-likeness (QED) is 0.315. The second-order valence-corrected chi connectivity index (χ2v) is 11.3. The lowest BCUT2D eigenvalue weighted by atomic mass is 10.1. The highest BCUT2D eigenvalue weighted by molar-refractivity contribution is 7.99. The summed E-state index contributed by atoms with van der Waals surface area (Å²) in [5.41, 5.74) is 9.99. The minimum absolute atomic E-state index is 0.154. The number of carbonyl (C=O) groups is 1. The molecule has 10 heteroatoms. The Morgan fingerprint density at radius 3 is 2.28 bits per heavy atom. The molecule has 0 saturated carbocycles. The van der Waals surface area contributed by atoms with E-state index < -0.39 is 0 Å². The molecule has 0 aromatic heterocycles. The maximum absolute atomic E-state index is 13.1. The number of benzene rings is 3. The summed E-state index contributed by atoms with van der Waals surface area (Å²) in [6, 6.07) is 19.4. The molecule has 1 aliphatic heterocycles. The number of nitrogens with one attached hydrogen (secondary N) is 1. The van der Waals surface area contributed by atoms with Gasteiger partial charge in [0.15, 0.2) is 0 Å². The monoisotopic (exact) mass is 561 g/mol. The number of halogens is 2. The molecule has 6 nitrogen and oxygen atoms in total. The lowest BCUT2D eigenvalue weighted by Crippen LogP contribution is -2.43. The summed E-state index contributed by atoms with van der Waals surface area (Å²) in [5, 5.41) is 4.33. The first-order valence-corrected chi connectivity index (χ1v) is 14.2. The van der Waals surface area contributed by atoms with Gasteiger partial charge in [0, 0.05) is 72.3 Å². The van der Waals surface area contributed by atoms with E-state index in [9.17, 15) is 4.79 Å². The highest BCUT2D eigenvalue weighted by Crippen LogP contribution is 2.30. The van der Waals surface area contributed by atoms with Crippen LogP contribution in [0.25, 0.3) is 0 Å². The molecule has 1 amide bonds. The van der Waals surface area contributed by atoms with Crippen molar-refractivity contribution in [3.63, 3.8) is 0 Å². The van der Waals surface area contributed by atoms with E-state index in [2.05, 4.69) is 14.5 Å². The summed E-state index contributed by atoms with van der Waals surface area (Å²) in [4.78, 5) is 16.5. The van der Waals surface area contributed by atoms with Crippen LogP contribution in [-0.2, 0) is 6.54 Å². The number of nitrogens with zero attached hydrogens (tertiary/aromatic N) is 3. The fourth-order valence-electron chi connectivity index (χ4n) is 3.97. The minimum Gasteiger partial charge on any atom is -0.369 e. The molecule has 0 atom stereocenters. The second kappa shape index (κ2) is 12.4. The molecular weight excluding hydrogens is 533 g/mol. The third-order valence-corrected chi connectivity index (χ3v) is 8.24. The van der Waals surface area contributed by atoms with E-state index in [1.807, 2.05) is 72.2 Å². The molecule has 1 aliphatic rings. The van der Waals surface area contributed by atoms with Gasteiger partial charge in [0.1, 0.15) is 0 Å². The Hall–Kier alpha value is -2.07. The van der Waals surface area contributed by atoms with Gasteiger partial charge in [-0.15, -0.1) is 0 Å². The molecule has 0 unspecified atom stereocenters. The van der Waals surface area contributed by atoms with E-state index in [0.717, 1.165) is 53.7 Å². The van der Waals surface area contributed by atoms with Gasteiger partial charge < -0.3 is 20.3 Å². The second-order valence-electron chi connectivity index (χ2n) is 8.35. The number of amides is 1. The predicted octanol–water partition coefficient (Wildman–Crippen LogP) is 6.25. The van der Waals surface area contributed by atoms with Gasteiger partial charge in [-0.3, -0.25) is 4.79 Å². The van der Waals surface area contributed by atoms with E-state index in [-0.39, 0.29) is 5.91 Å². The molecule has 0 aliphatic carbocycles. The van der Waals surface area contributed by atoms with Gasteiger partial charge in [0.25, 0.3) is 5.91 Å². The van der Waals surface area contributed by atoms with Gasteiger partial charge in [0.05, 0.1) is 11.3 Å². The third kappa shape index (κ3) is 6.82. The molecule has 3 aromatic rings. The topological polar surface area (TPSA) is 64.8 Å². The highest BCUT2D eigenvalue weighted by atomic mass is 35.5. The summed E-state index contributed by atoms with van der Waals surface area (Å²) < 4.78 is 4.31. The molecule has 3 N–H and O–H groups in total. The number of anilines is 3. The fraction of sp³-hybridized carbons (Fsp3) is 0.269. The van der Waals surface area contributed by atoms with Crippen molar-refractivity contribution >= 4 is 70.1 Å². The molecule has 0 bridgehead atoms. The lowest BCUT2D eigenvalue weighted by Gasteiger charge is -2.35. The summed E-state index contributed by atoms with van der Waals surface area (Å²) in [5.74, 6) is -0.154. The van der Waals surface area contributed by atoms with Gasteiger partial charge in [-0.1, -0.05) is 41.2 Å². The Bertz CT molecular complexity index is 1180. The van der Waals surface area contributed by atoms with Crippen molar-refractivity contribution in [2.45, 2.75) is 11.4 Å². The van der Waals surface area contributed by atoms with E-state index in [0.29, 0.717) is 22.2 Å². The SMILES string of the molecule is CSN(C)c1ccc(CN)cc1C(=O)Nc1ccc(SN2CCN(c3cc(Cl)cc(Cl)c3)CC2)cc1. The maximum atomic E-state index is 13.1. The first kappa shape index (κ1) is 27.0. The number of hydrogen-bond donors (Lipinski definition) is 2. The van der Waals surface area contributed by atoms with Crippen molar-refractivity contribution in [1.82, 2.24) is 4.31 Å². The molecular formula is C26H29Cl2N5OS2. The first-order valence-electron chi connectivity index (χ1n) is 11.5. The van der Waals surface area contributed by atoms with E-state index in [1.165, 1.54) is 0 Å². The van der Waals surface area contributed by atoms with Gasteiger partial charge in [0.2, 0.25) is 0 Å². The molecule has 0 spiro atoms. The zero-order valence-electron chi connectivity index (χ0n) is 20.2. The molecule has 190 valence electrons. The average molecular weight is 563 g/mol. The Balaban J connectivity index is 1.35. The molecule has 1 fully saturated rings. The summed E-state index contributed by atoms with van der Waals surface area (Å²) in [6.45, 7) is 4.00. The van der Waals surface area contributed by atoms with Crippen LogP contribution in [0.4, 0.5) is 17.1 Å². The van der Waals surface area contributed by atoms with Crippen LogP contribution in [-0.4, -0.2) is 49.7 Å². The fourth-order valence-corrected chi connectivity index (χ4v) is 5.74. The number of piperazine rings is 1. The van der Waals surface area contributed by atoms with E-state index >= 15 is 0 Å². The molecule has 1 saturated heterocycles. The van der Waals surface area contributed by atoms with Crippen LogP contribution in [0, 0.1) is 0 Å². The van der Waals surface area contributed by atoms with Gasteiger partial charge >= 0.3 is 0 Å². The molecule has 0 radical (unpaired) electrons. The molecule has 3 aromatic carbocycles. The number of nitrogens with two attached hydrogens (primary N) is 1. The summed E-state index contributed by atoms with van der Waals surface area (Å²) >= 11 is 15.6. The van der Waals surface area contributed by atoms with Crippen LogP contribution in [0.5, 0.6) is 0 Å². The van der Waals surface area contributed by atoms with Crippen LogP contribution in [0.3, 0.4) is 0 Å². The number of rotatable bonds is 8. The Kier molecular flexibility index (Phi) is 9.33. The van der Waals surface area contributed by atoms with Crippen LogP contribution in [0.1, 0.15) is 15.9 Å². The van der Waals surface area contributed by atoms with Crippen molar-refractivity contribution in [2.75, 3.05) is 54.0 Å². The van der Waals surface area contributed by atoms with Crippen LogP contribution in [0.15, 0.2) is 65.6 Å². The van der Waals surface area contributed by atoms with Crippen LogP contribution < -0.4 is 20.3 Å². The third-order valence-electron chi connectivity index (χ3n) is 5.95. The lowest BCUT2D eigenvalue weighted by molar-refractivity contribution is 0.102. The first-order chi connectivity index (χ1) is 17.4. The van der Waals surface area contributed by atoms with Crippen LogP contribution in [0.2, 0.25) is 10.0 Å². The molecule has 4 rings (SSSR count). The Morgan fingerprint density at radius 2 is 1.67 bits per heavy atom. The maximum Gasteiger partial charge on any atom is 0.257 e.